The number of rotatable bonds is 6. The highest BCUT2D eigenvalue weighted by atomic mass is 35.5. The lowest BCUT2D eigenvalue weighted by Crippen LogP contribution is -2.56. The number of nitrogens with one attached hydrogen (secondary N) is 1. The van der Waals surface area contributed by atoms with Gasteiger partial charge >= 0.3 is 0 Å². The average Bonchev–Trinajstić information content (AvgIpc) is 2.55. The van der Waals surface area contributed by atoms with E-state index in [1.54, 1.807) is 14.2 Å². The zero-order valence-electron chi connectivity index (χ0n) is 14.8. The molecule has 1 aromatic rings. The molecule has 1 aliphatic carbocycles. The minimum absolute atomic E-state index is 0. The van der Waals surface area contributed by atoms with Gasteiger partial charge in [-0.15, -0.1) is 12.4 Å². The van der Waals surface area contributed by atoms with E-state index in [-0.39, 0.29) is 24.4 Å². The minimum Gasteiger partial charge on any atom is -0.493 e. The minimum atomic E-state index is -0.690. The summed E-state index contributed by atoms with van der Waals surface area (Å²) >= 11 is 0. The van der Waals surface area contributed by atoms with Crippen LogP contribution in [0.3, 0.4) is 0 Å². The lowest BCUT2D eigenvalue weighted by atomic mass is 9.81. The lowest BCUT2D eigenvalue weighted by molar-refractivity contribution is -0.128. The Kier molecular flexibility index (Phi) is 7.84. The molecule has 6 heteroatoms. The van der Waals surface area contributed by atoms with E-state index in [4.69, 9.17) is 15.2 Å². The molecule has 5 nitrogen and oxygen atoms in total. The molecule has 1 atom stereocenters. The van der Waals surface area contributed by atoms with Crippen LogP contribution in [0.2, 0.25) is 0 Å². The first-order valence-corrected chi connectivity index (χ1v) is 8.29. The monoisotopic (exact) mass is 356 g/mol. The Balaban J connectivity index is 0.00000288. The van der Waals surface area contributed by atoms with Crippen LogP contribution in [-0.4, -0.2) is 31.7 Å². The first-order valence-electron chi connectivity index (χ1n) is 8.29. The van der Waals surface area contributed by atoms with Crippen molar-refractivity contribution < 1.29 is 14.3 Å². The van der Waals surface area contributed by atoms with Crippen molar-refractivity contribution in [3.05, 3.63) is 23.8 Å². The lowest BCUT2D eigenvalue weighted by Gasteiger charge is -2.33. The highest BCUT2D eigenvalue weighted by Crippen LogP contribution is 2.28. The average molecular weight is 357 g/mol. The van der Waals surface area contributed by atoms with Crippen molar-refractivity contribution in [3.63, 3.8) is 0 Å². The molecule has 1 unspecified atom stereocenters. The molecule has 0 spiro atoms. The van der Waals surface area contributed by atoms with Crippen LogP contribution in [0.5, 0.6) is 11.5 Å². The van der Waals surface area contributed by atoms with Gasteiger partial charge in [0.15, 0.2) is 11.5 Å². The Morgan fingerprint density at radius 2 is 1.83 bits per heavy atom. The number of carbonyl (C=O) groups excluding carboxylic acids is 1. The van der Waals surface area contributed by atoms with Crippen molar-refractivity contribution in [2.75, 3.05) is 14.2 Å². The quantitative estimate of drug-likeness (QED) is 0.822. The number of ether oxygens (including phenoxy) is 2. The van der Waals surface area contributed by atoms with Gasteiger partial charge < -0.3 is 20.5 Å². The van der Waals surface area contributed by atoms with Gasteiger partial charge in [0.1, 0.15) is 0 Å². The van der Waals surface area contributed by atoms with Crippen LogP contribution in [-0.2, 0) is 11.2 Å². The summed E-state index contributed by atoms with van der Waals surface area (Å²) in [4.78, 5) is 12.5. The van der Waals surface area contributed by atoms with Gasteiger partial charge in [-0.25, -0.2) is 0 Å². The van der Waals surface area contributed by atoms with Crippen LogP contribution in [0.25, 0.3) is 0 Å². The number of hydrogen-bond donors (Lipinski definition) is 2. The summed E-state index contributed by atoms with van der Waals surface area (Å²) in [5, 5.41) is 3.07. The van der Waals surface area contributed by atoms with E-state index in [1.807, 2.05) is 25.1 Å². The van der Waals surface area contributed by atoms with Gasteiger partial charge in [-0.1, -0.05) is 25.3 Å². The number of carbonyl (C=O) groups is 1. The SMILES string of the molecule is COc1ccc(CC(C)NC(=O)C2(N)CCCCC2)cc1OC.Cl. The molecule has 0 radical (unpaired) electrons. The maximum absolute atomic E-state index is 12.5. The van der Waals surface area contributed by atoms with E-state index < -0.39 is 5.54 Å². The first kappa shape index (κ1) is 20.6. The number of amides is 1. The Hall–Kier alpha value is -1.46. The fourth-order valence-electron chi connectivity index (χ4n) is 3.19. The van der Waals surface area contributed by atoms with Crippen molar-refractivity contribution in [1.29, 1.82) is 0 Å². The zero-order chi connectivity index (χ0) is 16.9. The molecule has 0 aromatic heterocycles. The number of hydrogen-bond acceptors (Lipinski definition) is 4. The molecular formula is C18H29ClN2O3. The second kappa shape index (κ2) is 9.14. The summed E-state index contributed by atoms with van der Waals surface area (Å²) < 4.78 is 10.6. The van der Waals surface area contributed by atoms with E-state index in [0.717, 1.165) is 37.7 Å². The van der Waals surface area contributed by atoms with Crippen molar-refractivity contribution in [3.8, 4) is 11.5 Å². The summed E-state index contributed by atoms with van der Waals surface area (Å²) in [7, 11) is 3.24. The van der Waals surface area contributed by atoms with Gasteiger partial charge in [-0.2, -0.15) is 0 Å². The van der Waals surface area contributed by atoms with Gasteiger partial charge in [-0.05, 0) is 43.9 Å². The van der Waals surface area contributed by atoms with Crippen molar-refractivity contribution >= 4 is 18.3 Å². The summed E-state index contributed by atoms with van der Waals surface area (Å²) in [6.07, 6.45) is 5.53. The van der Waals surface area contributed by atoms with E-state index in [0.29, 0.717) is 11.5 Å². The van der Waals surface area contributed by atoms with E-state index >= 15 is 0 Å². The molecule has 1 aromatic carbocycles. The molecule has 1 fully saturated rings. The summed E-state index contributed by atoms with van der Waals surface area (Å²) in [6.45, 7) is 2.00. The number of nitrogens with two attached hydrogens (primary N) is 1. The zero-order valence-corrected chi connectivity index (χ0v) is 15.6. The molecule has 0 saturated heterocycles. The Labute approximate surface area is 150 Å². The molecular weight excluding hydrogens is 328 g/mol. The maximum Gasteiger partial charge on any atom is 0.240 e. The summed E-state index contributed by atoms with van der Waals surface area (Å²) in [5.41, 5.74) is 6.68. The Morgan fingerprint density at radius 3 is 2.42 bits per heavy atom. The largest absolute Gasteiger partial charge is 0.493 e. The molecule has 3 N–H and O–H groups in total. The van der Waals surface area contributed by atoms with Crippen LogP contribution >= 0.6 is 12.4 Å². The molecule has 0 heterocycles. The van der Waals surface area contributed by atoms with Crippen LogP contribution in [0.15, 0.2) is 18.2 Å². The molecule has 1 amide bonds. The highest BCUT2D eigenvalue weighted by Gasteiger charge is 2.35. The van der Waals surface area contributed by atoms with Gasteiger partial charge in [0.05, 0.1) is 19.8 Å². The van der Waals surface area contributed by atoms with Crippen LogP contribution < -0.4 is 20.5 Å². The van der Waals surface area contributed by atoms with Crippen LogP contribution in [0.4, 0.5) is 0 Å². The van der Waals surface area contributed by atoms with Gasteiger partial charge in [0, 0.05) is 6.04 Å². The van der Waals surface area contributed by atoms with E-state index in [2.05, 4.69) is 5.32 Å². The van der Waals surface area contributed by atoms with Crippen LogP contribution in [0.1, 0.15) is 44.6 Å². The predicted molar refractivity (Wildman–Crippen MR) is 98.1 cm³/mol. The van der Waals surface area contributed by atoms with E-state index in [1.165, 1.54) is 6.42 Å². The van der Waals surface area contributed by atoms with Gasteiger partial charge in [0.25, 0.3) is 0 Å². The Bertz CT molecular complexity index is 545. The van der Waals surface area contributed by atoms with Crippen LogP contribution in [0, 0.1) is 0 Å². The first-order chi connectivity index (χ1) is 11.0. The number of benzene rings is 1. The number of halogens is 1. The molecule has 136 valence electrons. The summed E-state index contributed by atoms with van der Waals surface area (Å²) in [5.74, 6) is 1.38. The number of methoxy groups -OCH3 is 2. The molecule has 2 rings (SSSR count). The standard InChI is InChI=1S/C18H28N2O3.ClH/c1-13(20-17(21)18(19)9-5-4-6-10-18)11-14-7-8-15(22-2)16(12-14)23-3;/h7-8,12-13H,4-6,9-11,19H2,1-3H3,(H,20,21);1H. The molecule has 1 aliphatic rings. The highest BCUT2D eigenvalue weighted by molar-refractivity contribution is 5.86. The third-order valence-corrected chi connectivity index (χ3v) is 4.57. The third kappa shape index (κ3) is 5.02. The Morgan fingerprint density at radius 1 is 1.21 bits per heavy atom. The van der Waals surface area contributed by atoms with Crippen molar-refractivity contribution in [2.24, 2.45) is 5.73 Å². The fraction of sp³-hybridized carbons (Fsp3) is 0.611. The molecule has 0 aliphatic heterocycles. The fourth-order valence-corrected chi connectivity index (χ4v) is 3.19. The molecule has 24 heavy (non-hydrogen) atoms. The van der Waals surface area contributed by atoms with Crippen molar-refractivity contribution in [2.45, 2.75) is 57.0 Å². The smallest absolute Gasteiger partial charge is 0.240 e. The second-order valence-corrected chi connectivity index (χ2v) is 6.48. The van der Waals surface area contributed by atoms with Crippen molar-refractivity contribution in [1.82, 2.24) is 5.32 Å². The normalized spacial score (nSPS) is 17.3. The van der Waals surface area contributed by atoms with E-state index in [9.17, 15) is 4.79 Å². The van der Waals surface area contributed by atoms with Gasteiger partial charge in [-0.3, -0.25) is 4.79 Å². The third-order valence-electron chi connectivity index (χ3n) is 4.57. The molecule has 1 saturated carbocycles. The maximum atomic E-state index is 12.5. The van der Waals surface area contributed by atoms with Gasteiger partial charge in [0.2, 0.25) is 5.91 Å². The predicted octanol–water partition coefficient (Wildman–Crippen LogP) is 2.83. The summed E-state index contributed by atoms with van der Waals surface area (Å²) in [6, 6.07) is 5.83. The topological polar surface area (TPSA) is 73.6 Å². The second-order valence-electron chi connectivity index (χ2n) is 6.48. The molecule has 0 bridgehead atoms.